The van der Waals surface area contributed by atoms with Crippen molar-refractivity contribution in [3.63, 3.8) is 0 Å². The van der Waals surface area contributed by atoms with Gasteiger partial charge in [0, 0.05) is 24.4 Å². The Kier molecular flexibility index (Phi) is 4.46. The van der Waals surface area contributed by atoms with Gasteiger partial charge in [-0.25, -0.2) is 0 Å². The molecule has 0 aliphatic carbocycles. The fourth-order valence-electron chi connectivity index (χ4n) is 3.26. The van der Waals surface area contributed by atoms with Crippen LogP contribution in [0.5, 0.6) is 0 Å². The predicted octanol–water partition coefficient (Wildman–Crippen LogP) is 2.53. The summed E-state index contributed by atoms with van der Waals surface area (Å²) in [5.41, 5.74) is 2.67. The van der Waals surface area contributed by atoms with Crippen LogP contribution in [-0.4, -0.2) is 36.1 Å². The summed E-state index contributed by atoms with van der Waals surface area (Å²) in [6.07, 6.45) is 8.70. The molecule has 2 aliphatic heterocycles. The summed E-state index contributed by atoms with van der Waals surface area (Å²) in [7, 11) is 0. The van der Waals surface area contributed by atoms with Crippen molar-refractivity contribution in [2.45, 2.75) is 44.6 Å². The highest BCUT2D eigenvalue weighted by Crippen LogP contribution is 2.23. The van der Waals surface area contributed by atoms with E-state index in [1.807, 2.05) is 0 Å². The lowest BCUT2D eigenvalue weighted by molar-refractivity contribution is 0.220. The topological polar surface area (TPSA) is 28.2 Å². The van der Waals surface area contributed by atoms with Gasteiger partial charge in [-0.05, 0) is 63.5 Å². The number of nitrogens with zero attached hydrogens (tertiary/aromatic N) is 2. The van der Waals surface area contributed by atoms with Crippen molar-refractivity contribution in [3.05, 3.63) is 29.6 Å². The Hall–Kier alpha value is -0.930. The lowest BCUT2D eigenvalue weighted by Crippen LogP contribution is -2.29. The molecule has 3 heterocycles. The van der Waals surface area contributed by atoms with Crippen LogP contribution in [0.4, 0.5) is 0 Å². The molecule has 0 unspecified atom stereocenters. The van der Waals surface area contributed by atoms with Crippen LogP contribution in [0.3, 0.4) is 0 Å². The fourth-order valence-corrected chi connectivity index (χ4v) is 3.26. The quantitative estimate of drug-likeness (QED) is 0.904. The first kappa shape index (κ1) is 13.1. The molecule has 3 rings (SSSR count). The zero-order valence-corrected chi connectivity index (χ0v) is 11.8. The summed E-state index contributed by atoms with van der Waals surface area (Å²) in [6, 6.07) is 4.55. The van der Waals surface area contributed by atoms with Crippen molar-refractivity contribution in [2.24, 2.45) is 0 Å². The van der Waals surface area contributed by atoms with Crippen molar-refractivity contribution in [1.29, 1.82) is 0 Å². The Morgan fingerprint density at radius 3 is 2.58 bits per heavy atom. The predicted molar refractivity (Wildman–Crippen MR) is 78.2 cm³/mol. The van der Waals surface area contributed by atoms with Crippen LogP contribution in [0, 0.1) is 0 Å². The first-order chi connectivity index (χ1) is 9.42. The van der Waals surface area contributed by atoms with Gasteiger partial charge in [0.15, 0.2) is 0 Å². The SMILES string of the molecule is c1cc(C2CCNCC2)ncc1CN1CCCCC1. The summed E-state index contributed by atoms with van der Waals surface area (Å²) in [6.45, 7) is 5.88. The number of pyridine rings is 1. The summed E-state index contributed by atoms with van der Waals surface area (Å²) in [5.74, 6) is 0.672. The number of rotatable bonds is 3. The Balaban J connectivity index is 1.58. The minimum atomic E-state index is 0.672. The van der Waals surface area contributed by atoms with Gasteiger partial charge >= 0.3 is 0 Å². The molecule has 19 heavy (non-hydrogen) atoms. The third-order valence-corrected chi connectivity index (χ3v) is 4.46. The number of hydrogen-bond acceptors (Lipinski definition) is 3. The van der Waals surface area contributed by atoms with E-state index in [0.29, 0.717) is 5.92 Å². The molecule has 3 heteroatoms. The number of hydrogen-bond donors (Lipinski definition) is 1. The standard InChI is InChI=1S/C16H25N3/c1-2-10-19(11-3-1)13-14-4-5-16(18-12-14)15-6-8-17-9-7-15/h4-5,12,15,17H,1-3,6-11,13H2. The molecular formula is C16H25N3. The van der Waals surface area contributed by atoms with E-state index in [9.17, 15) is 0 Å². The molecular weight excluding hydrogens is 234 g/mol. The molecule has 0 aromatic carbocycles. The van der Waals surface area contributed by atoms with E-state index in [2.05, 4.69) is 28.5 Å². The second kappa shape index (κ2) is 6.49. The van der Waals surface area contributed by atoms with Gasteiger partial charge in [0.1, 0.15) is 0 Å². The van der Waals surface area contributed by atoms with Crippen molar-refractivity contribution < 1.29 is 0 Å². The van der Waals surface area contributed by atoms with E-state index < -0.39 is 0 Å². The maximum absolute atomic E-state index is 4.71. The lowest BCUT2D eigenvalue weighted by atomic mass is 9.94. The summed E-state index contributed by atoms with van der Waals surface area (Å²) in [4.78, 5) is 7.27. The number of nitrogens with one attached hydrogen (secondary N) is 1. The zero-order valence-electron chi connectivity index (χ0n) is 11.8. The molecule has 0 radical (unpaired) electrons. The summed E-state index contributed by atoms with van der Waals surface area (Å²) >= 11 is 0. The van der Waals surface area contributed by atoms with Gasteiger partial charge in [-0.15, -0.1) is 0 Å². The minimum Gasteiger partial charge on any atom is -0.317 e. The van der Waals surface area contributed by atoms with E-state index in [1.54, 1.807) is 0 Å². The average molecular weight is 259 g/mol. The van der Waals surface area contributed by atoms with Crippen molar-refractivity contribution >= 4 is 0 Å². The van der Waals surface area contributed by atoms with Gasteiger partial charge in [0.25, 0.3) is 0 Å². The molecule has 2 saturated heterocycles. The Morgan fingerprint density at radius 2 is 1.89 bits per heavy atom. The third-order valence-electron chi connectivity index (χ3n) is 4.46. The van der Waals surface area contributed by atoms with Crippen molar-refractivity contribution in [3.8, 4) is 0 Å². The van der Waals surface area contributed by atoms with E-state index in [0.717, 1.165) is 19.6 Å². The van der Waals surface area contributed by atoms with Gasteiger partial charge in [-0.1, -0.05) is 12.5 Å². The van der Waals surface area contributed by atoms with Crippen LogP contribution in [0.25, 0.3) is 0 Å². The lowest BCUT2D eigenvalue weighted by Gasteiger charge is -2.26. The molecule has 1 aromatic heterocycles. The molecule has 3 nitrogen and oxygen atoms in total. The second-order valence-electron chi connectivity index (χ2n) is 5.95. The van der Waals surface area contributed by atoms with Crippen LogP contribution >= 0.6 is 0 Å². The van der Waals surface area contributed by atoms with Crippen LogP contribution in [0.2, 0.25) is 0 Å². The van der Waals surface area contributed by atoms with Gasteiger partial charge in [-0.3, -0.25) is 9.88 Å². The molecule has 104 valence electrons. The Bertz CT molecular complexity index is 375. The molecule has 0 spiro atoms. The van der Waals surface area contributed by atoms with E-state index in [4.69, 9.17) is 4.98 Å². The smallest absolute Gasteiger partial charge is 0.0435 e. The molecule has 1 aromatic rings. The first-order valence-corrected chi connectivity index (χ1v) is 7.80. The molecule has 2 fully saturated rings. The fraction of sp³-hybridized carbons (Fsp3) is 0.688. The van der Waals surface area contributed by atoms with Crippen molar-refractivity contribution in [2.75, 3.05) is 26.2 Å². The Labute approximate surface area is 116 Å². The van der Waals surface area contributed by atoms with Gasteiger partial charge < -0.3 is 5.32 Å². The normalized spacial score (nSPS) is 22.5. The van der Waals surface area contributed by atoms with Crippen LogP contribution < -0.4 is 5.32 Å². The highest BCUT2D eigenvalue weighted by Gasteiger charge is 2.16. The van der Waals surface area contributed by atoms with E-state index >= 15 is 0 Å². The van der Waals surface area contributed by atoms with Gasteiger partial charge in [0.2, 0.25) is 0 Å². The number of piperidine rings is 2. The van der Waals surface area contributed by atoms with Gasteiger partial charge in [-0.2, -0.15) is 0 Å². The van der Waals surface area contributed by atoms with Crippen LogP contribution in [0.15, 0.2) is 18.3 Å². The van der Waals surface area contributed by atoms with E-state index in [-0.39, 0.29) is 0 Å². The number of likely N-dealkylation sites (tertiary alicyclic amines) is 1. The van der Waals surface area contributed by atoms with Gasteiger partial charge in [0.05, 0.1) is 0 Å². The monoisotopic (exact) mass is 259 g/mol. The third kappa shape index (κ3) is 3.54. The maximum atomic E-state index is 4.71. The van der Waals surface area contributed by atoms with Crippen molar-refractivity contribution in [1.82, 2.24) is 15.2 Å². The molecule has 0 saturated carbocycles. The summed E-state index contributed by atoms with van der Waals surface area (Å²) in [5, 5.41) is 3.42. The first-order valence-electron chi connectivity index (χ1n) is 7.80. The van der Waals surface area contributed by atoms with E-state index in [1.165, 1.54) is 56.5 Å². The second-order valence-corrected chi connectivity index (χ2v) is 5.95. The largest absolute Gasteiger partial charge is 0.317 e. The molecule has 0 atom stereocenters. The molecule has 2 aliphatic rings. The van der Waals surface area contributed by atoms with Crippen LogP contribution in [0.1, 0.15) is 49.3 Å². The Morgan fingerprint density at radius 1 is 1.11 bits per heavy atom. The van der Waals surface area contributed by atoms with Crippen LogP contribution in [-0.2, 0) is 6.54 Å². The maximum Gasteiger partial charge on any atom is 0.0435 e. The highest BCUT2D eigenvalue weighted by molar-refractivity contribution is 5.17. The molecule has 0 amide bonds. The summed E-state index contributed by atoms with van der Waals surface area (Å²) < 4.78 is 0. The average Bonchev–Trinajstić information content (AvgIpc) is 2.50. The molecule has 0 bridgehead atoms. The molecule has 1 N–H and O–H groups in total. The highest BCUT2D eigenvalue weighted by atomic mass is 15.1. The zero-order chi connectivity index (χ0) is 12.9. The minimum absolute atomic E-state index is 0.672. The number of aromatic nitrogens is 1.